The maximum Gasteiger partial charge on any atom is 0.335 e. The predicted octanol–water partition coefficient (Wildman–Crippen LogP) is 5.66. The van der Waals surface area contributed by atoms with E-state index in [0.717, 1.165) is 0 Å². The number of azo groups is 1. The SMILES string of the molecule is CCC(C)(CCOC(C)C)OC(=O)C(C)(C)N=NC(C)(C)C(=O)OC(C)(C)CCOC(C)C. The highest BCUT2D eigenvalue weighted by molar-refractivity contribution is 5.81. The molecule has 0 N–H and O–H groups in total. The van der Waals surface area contributed by atoms with Crippen LogP contribution in [0.1, 0.15) is 102 Å². The maximum absolute atomic E-state index is 12.9. The van der Waals surface area contributed by atoms with Crippen LogP contribution in [0.5, 0.6) is 0 Å². The van der Waals surface area contributed by atoms with Crippen molar-refractivity contribution < 1.29 is 28.5 Å². The lowest BCUT2D eigenvalue weighted by molar-refractivity contribution is -0.167. The Balaban J connectivity index is 5.13. The first-order valence-corrected chi connectivity index (χ1v) is 12.0. The molecule has 8 nitrogen and oxygen atoms in total. The molecule has 8 heteroatoms. The lowest BCUT2D eigenvalue weighted by Gasteiger charge is -2.32. The topological polar surface area (TPSA) is 95.8 Å². The molecule has 1 unspecified atom stereocenters. The Labute approximate surface area is 201 Å². The van der Waals surface area contributed by atoms with E-state index in [-0.39, 0.29) is 12.2 Å². The van der Waals surface area contributed by atoms with Crippen molar-refractivity contribution in [2.45, 2.75) is 137 Å². The molecule has 0 amide bonds. The molecular weight excluding hydrogens is 424 g/mol. The Kier molecular flexibility index (Phi) is 12.2. The Morgan fingerprint density at radius 2 is 1.09 bits per heavy atom. The average Bonchev–Trinajstić information content (AvgIpc) is 2.65. The number of ether oxygens (including phenoxy) is 4. The fraction of sp³-hybridized carbons (Fsp3) is 0.920. The van der Waals surface area contributed by atoms with Crippen molar-refractivity contribution in [1.82, 2.24) is 0 Å². The molecule has 0 aliphatic carbocycles. The van der Waals surface area contributed by atoms with E-state index in [1.807, 2.05) is 55.4 Å². The summed E-state index contributed by atoms with van der Waals surface area (Å²) in [5, 5.41) is 8.36. The Hall–Kier alpha value is -1.54. The van der Waals surface area contributed by atoms with Crippen molar-refractivity contribution in [3.05, 3.63) is 0 Å². The average molecular weight is 473 g/mol. The Morgan fingerprint density at radius 1 is 0.697 bits per heavy atom. The van der Waals surface area contributed by atoms with Gasteiger partial charge in [-0.3, -0.25) is 0 Å². The minimum absolute atomic E-state index is 0.112. The molecule has 0 aromatic heterocycles. The smallest absolute Gasteiger partial charge is 0.335 e. The first-order chi connectivity index (χ1) is 14.9. The molecule has 0 saturated carbocycles. The van der Waals surface area contributed by atoms with Gasteiger partial charge in [-0.05, 0) is 82.6 Å². The molecule has 0 radical (unpaired) electrons. The van der Waals surface area contributed by atoms with Crippen LogP contribution in [0.25, 0.3) is 0 Å². The van der Waals surface area contributed by atoms with Crippen molar-refractivity contribution >= 4 is 11.9 Å². The van der Waals surface area contributed by atoms with E-state index in [1.165, 1.54) is 0 Å². The first-order valence-electron chi connectivity index (χ1n) is 12.0. The van der Waals surface area contributed by atoms with Crippen molar-refractivity contribution in [2.24, 2.45) is 10.2 Å². The summed E-state index contributed by atoms with van der Waals surface area (Å²) in [5.41, 5.74) is -3.90. The second kappa shape index (κ2) is 12.8. The van der Waals surface area contributed by atoms with Gasteiger partial charge in [0.25, 0.3) is 0 Å². The summed E-state index contributed by atoms with van der Waals surface area (Å²) in [6, 6.07) is 0. The minimum atomic E-state index is -1.26. The largest absolute Gasteiger partial charge is 0.458 e. The van der Waals surface area contributed by atoms with Crippen LogP contribution in [0.4, 0.5) is 0 Å². The zero-order chi connectivity index (χ0) is 26.1. The highest BCUT2D eigenvalue weighted by Gasteiger charge is 2.39. The molecular formula is C25H48N2O6. The van der Waals surface area contributed by atoms with Gasteiger partial charge in [0.15, 0.2) is 11.1 Å². The summed E-state index contributed by atoms with van der Waals surface area (Å²) in [4.78, 5) is 25.6. The van der Waals surface area contributed by atoms with Crippen LogP contribution >= 0.6 is 0 Å². The number of nitrogens with zero attached hydrogens (tertiary/aromatic N) is 2. The molecule has 0 spiro atoms. The van der Waals surface area contributed by atoms with Gasteiger partial charge in [-0.1, -0.05) is 6.92 Å². The van der Waals surface area contributed by atoms with Gasteiger partial charge in [0.1, 0.15) is 11.2 Å². The van der Waals surface area contributed by atoms with Crippen LogP contribution in [0.2, 0.25) is 0 Å². The van der Waals surface area contributed by atoms with Gasteiger partial charge in [0.2, 0.25) is 0 Å². The highest BCUT2D eigenvalue weighted by atomic mass is 16.6. The molecule has 0 aliphatic heterocycles. The molecule has 1 atom stereocenters. The zero-order valence-electron chi connectivity index (χ0n) is 23.0. The van der Waals surface area contributed by atoms with Gasteiger partial charge in [-0.2, -0.15) is 10.2 Å². The first kappa shape index (κ1) is 31.5. The second-order valence-corrected chi connectivity index (χ2v) is 11.0. The summed E-state index contributed by atoms with van der Waals surface area (Å²) >= 11 is 0. The van der Waals surface area contributed by atoms with Crippen LogP contribution in [0.3, 0.4) is 0 Å². The molecule has 0 fully saturated rings. The third-order valence-electron chi connectivity index (χ3n) is 5.24. The molecule has 33 heavy (non-hydrogen) atoms. The van der Waals surface area contributed by atoms with Crippen LogP contribution in [-0.2, 0) is 28.5 Å². The van der Waals surface area contributed by atoms with E-state index in [4.69, 9.17) is 18.9 Å². The van der Waals surface area contributed by atoms with E-state index in [2.05, 4.69) is 10.2 Å². The number of carbonyl (C=O) groups is 2. The molecule has 0 aliphatic rings. The van der Waals surface area contributed by atoms with E-state index < -0.39 is 34.2 Å². The number of hydrogen-bond donors (Lipinski definition) is 0. The van der Waals surface area contributed by atoms with E-state index in [1.54, 1.807) is 27.7 Å². The van der Waals surface area contributed by atoms with Crippen molar-refractivity contribution in [3.63, 3.8) is 0 Å². The lowest BCUT2D eigenvalue weighted by atomic mass is 9.98. The van der Waals surface area contributed by atoms with Crippen molar-refractivity contribution in [3.8, 4) is 0 Å². The summed E-state index contributed by atoms with van der Waals surface area (Å²) in [5.74, 6) is -1.02. The number of hydrogen-bond acceptors (Lipinski definition) is 8. The summed E-state index contributed by atoms with van der Waals surface area (Å²) < 4.78 is 22.6. The normalized spacial score (nSPS) is 15.2. The monoisotopic (exact) mass is 472 g/mol. The van der Waals surface area contributed by atoms with Gasteiger partial charge < -0.3 is 18.9 Å². The van der Waals surface area contributed by atoms with Gasteiger partial charge in [-0.25, -0.2) is 9.59 Å². The third-order valence-corrected chi connectivity index (χ3v) is 5.24. The summed E-state index contributed by atoms with van der Waals surface area (Å²) in [7, 11) is 0. The van der Waals surface area contributed by atoms with Crippen LogP contribution < -0.4 is 0 Å². The Bertz CT molecular complexity index is 655. The molecule has 0 bridgehead atoms. The van der Waals surface area contributed by atoms with E-state index in [9.17, 15) is 9.59 Å². The van der Waals surface area contributed by atoms with Crippen LogP contribution in [-0.4, -0.2) is 59.6 Å². The number of esters is 2. The van der Waals surface area contributed by atoms with Crippen molar-refractivity contribution in [2.75, 3.05) is 13.2 Å². The standard InChI is InChI=1S/C25H48N2O6/c1-13-25(12,15-17-31-19(4)5)33-21(29)24(10,11)27-26-23(8,9)20(28)32-22(6,7)14-16-30-18(2)3/h18-19H,13-17H2,1-12H3. The fourth-order valence-electron chi connectivity index (χ4n) is 2.46. The fourth-order valence-corrected chi connectivity index (χ4v) is 2.46. The number of rotatable bonds is 15. The minimum Gasteiger partial charge on any atom is -0.458 e. The summed E-state index contributed by atoms with van der Waals surface area (Å²) in [6.07, 6.45) is 2.00. The zero-order valence-corrected chi connectivity index (χ0v) is 23.0. The van der Waals surface area contributed by atoms with Gasteiger partial charge in [0.05, 0.1) is 25.4 Å². The molecule has 0 rings (SSSR count). The Morgan fingerprint density at radius 3 is 1.48 bits per heavy atom. The van der Waals surface area contributed by atoms with Crippen molar-refractivity contribution in [1.29, 1.82) is 0 Å². The second-order valence-electron chi connectivity index (χ2n) is 11.0. The maximum atomic E-state index is 12.9. The highest BCUT2D eigenvalue weighted by Crippen LogP contribution is 2.27. The summed E-state index contributed by atoms with van der Waals surface area (Å²) in [6.45, 7) is 22.8. The van der Waals surface area contributed by atoms with E-state index >= 15 is 0 Å². The molecule has 0 heterocycles. The van der Waals surface area contributed by atoms with Gasteiger partial charge in [0, 0.05) is 12.8 Å². The number of carbonyl (C=O) groups excluding carboxylic acids is 2. The van der Waals surface area contributed by atoms with Gasteiger partial charge in [-0.15, -0.1) is 0 Å². The van der Waals surface area contributed by atoms with Gasteiger partial charge >= 0.3 is 11.9 Å². The predicted molar refractivity (Wildman–Crippen MR) is 129 cm³/mol. The lowest BCUT2D eigenvalue weighted by Crippen LogP contribution is -2.42. The quantitative estimate of drug-likeness (QED) is 0.225. The molecule has 0 aromatic rings. The molecule has 0 aromatic carbocycles. The van der Waals surface area contributed by atoms with Crippen LogP contribution in [0, 0.1) is 0 Å². The molecule has 194 valence electrons. The van der Waals surface area contributed by atoms with Crippen LogP contribution in [0.15, 0.2) is 10.2 Å². The van der Waals surface area contributed by atoms with E-state index in [0.29, 0.717) is 32.5 Å². The third kappa shape index (κ3) is 12.5. The molecule has 0 saturated heterocycles.